The molecule has 1 heterocycles. The lowest BCUT2D eigenvalue weighted by molar-refractivity contribution is -0.148. The lowest BCUT2D eigenvalue weighted by atomic mass is 10.1. The zero-order chi connectivity index (χ0) is 21.8. The number of nitrogens with zero attached hydrogens (tertiary/aromatic N) is 1. The Morgan fingerprint density at radius 2 is 1.57 bits per heavy atom. The monoisotopic (exact) mass is 452 g/mol. The fraction of sp³-hybridized carbons (Fsp3) is 0.200. The van der Waals surface area contributed by atoms with Gasteiger partial charge < -0.3 is 10.1 Å². The molecular weight excluding hydrogens is 438 g/mol. The van der Waals surface area contributed by atoms with Crippen molar-refractivity contribution in [3.8, 4) is 0 Å². The van der Waals surface area contributed by atoms with Crippen LogP contribution < -0.4 is 5.32 Å². The molecule has 1 N–H and O–H groups in total. The first-order chi connectivity index (χ1) is 14.3. The summed E-state index contributed by atoms with van der Waals surface area (Å²) in [4.78, 5) is 49.1. The minimum Gasteiger partial charge on any atom is -0.454 e. The number of fused-ring (bicyclic) bond motifs is 1. The summed E-state index contributed by atoms with van der Waals surface area (Å²) in [7, 11) is 0. The quantitative estimate of drug-likeness (QED) is 0.514. The van der Waals surface area contributed by atoms with E-state index in [2.05, 4.69) is 5.32 Å². The number of nitrogens with one attached hydrogen (secondary N) is 1. The summed E-state index contributed by atoms with van der Waals surface area (Å²) in [6.07, 6.45) is 0.472. The molecule has 2 aromatic carbocycles. The molecule has 0 fully saturated rings. The average molecular weight is 453 g/mol. The Labute approximate surface area is 180 Å². The second-order valence-electron chi connectivity index (χ2n) is 6.40. The van der Waals surface area contributed by atoms with Crippen LogP contribution >= 0.6 is 23.2 Å². The van der Waals surface area contributed by atoms with Gasteiger partial charge in [0.1, 0.15) is 12.4 Å². The van der Waals surface area contributed by atoms with Crippen LogP contribution in [0.25, 0.3) is 0 Å². The molecule has 156 valence electrons. The molecule has 0 bridgehead atoms. The molecule has 10 heteroatoms. The number of hydrogen-bond acceptors (Lipinski definition) is 5. The number of halogens is 3. The molecule has 0 saturated heterocycles. The van der Waals surface area contributed by atoms with E-state index in [0.717, 1.165) is 5.56 Å². The molecule has 0 radical (unpaired) electrons. The van der Waals surface area contributed by atoms with Gasteiger partial charge in [0.15, 0.2) is 6.61 Å². The van der Waals surface area contributed by atoms with E-state index in [-0.39, 0.29) is 33.5 Å². The van der Waals surface area contributed by atoms with E-state index in [1.54, 1.807) is 12.1 Å². The van der Waals surface area contributed by atoms with Crippen molar-refractivity contribution >= 4 is 46.9 Å². The van der Waals surface area contributed by atoms with Gasteiger partial charge in [0, 0.05) is 6.54 Å². The van der Waals surface area contributed by atoms with E-state index in [1.807, 2.05) is 0 Å². The van der Waals surface area contributed by atoms with E-state index >= 15 is 0 Å². The van der Waals surface area contributed by atoms with Crippen LogP contribution in [0.5, 0.6) is 0 Å². The number of carbonyl (C=O) groups excluding carboxylic acids is 4. The van der Waals surface area contributed by atoms with E-state index in [0.29, 0.717) is 11.3 Å². The van der Waals surface area contributed by atoms with E-state index in [4.69, 9.17) is 27.9 Å². The minimum absolute atomic E-state index is 0.0423. The van der Waals surface area contributed by atoms with Crippen molar-refractivity contribution in [1.29, 1.82) is 0 Å². The predicted octanol–water partition coefficient (Wildman–Crippen LogP) is 2.63. The van der Waals surface area contributed by atoms with Gasteiger partial charge in [-0.3, -0.25) is 24.1 Å². The van der Waals surface area contributed by atoms with Crippen LogP contribution in [0.4, 0.5) is 4.39 Å². The van der Waals surface area contributed by atoms with E-state index in [9.17, 15) is 23.6 Å². The first kappa shape index (κ1) is 21.7. The summed E-state index contributed by atoms with van der Waals surface area (Å²) in [6.45, 7) is -0.949. The third-order valence-electron chi connectivity index (χ3n) is 4.31. The number of amides is 3. The molecule has 0 aliphatic carbocycles. The van der Waals surface area contributed by atoms with Crippen LogP contribution in [-0.2, 0) is 20.7 Å². The summed E-state index contributed by atoms with van der Waals surface area (Å²) >= 11 is 11.7. The number of rotatable bonds is 7. The van der Waals surface area contributed by atoms with Gasteiger partial charge in [-0.05, 0) is 36.2 Å². The Morgan fingerprint density at radius 3 is 2.13 bits per heavy atom. The Bertz CT molecular complexity index is 986. The van der Waals surface area contributed by atoms with Gasteiger partial charge in [-0.1, -0.05) is 35.3 Å². The van der Waals surface area contributed by atoms with Gasteiger partial charge >= 0.3 is 5.97 Å². The van der Waals surface area contributed by atoms with Gasteiger partial charge in [-0.25, -0.2) is 4.39 Å². The van der Waals surface area contributed by atoms with Crippen LogP contribution in [-0.4, -0.2) is 48.3 Å². The van der Waals surface area contributed by atoms with Gasteiger partial charge in [0.2, 0.25) is 0 Å². The molecule has 1 aliphatic heterocycles. The lowest BCUT2D eigenvalue weighted by Crippen LogP contribution is -2.37. The SMILES string of the molecule is O=C(COC(=O)CN1C(=O)c2cc(Cl)c(Cl)cc2C1=O)NCCc1ccc(F)cc1. The molecule has 0 spiro atoms. The van der Waals surface area contributed by atoms with E-state index < -0.39 is 36.8 Å². The molecule has 0 atom stereocenters. The summed E-state index contributed by atoms with van der Waals surface area (Å²) in [5.74, 6) is -3.22. The van der Waals surface area contributed by atoms with Crippen molar-refractivity contribution in [3.05, 3.63) is 69.0 Å². The molecule has 1 aliphatic rings. The summed E-state index contributed by atoms with van der Waals surface area (Å²) in [6, 6.07) is 8.37. The molecule has 0 aromatic heterocycles. The number of imide groups is 1. The maximum atomic E-state index is 12.8. The van der Waals surface area contributed by atoms with Gasteiger partial charge in [0.25, 0.3) is 17.7 Å². The maximum absolute atomic E-state index is 12.8. The van der Waals surface area contributed by atoms with Gasteiger partial charge in [0.05, 0.1) is 21.2 Å². The molecule has 30 heavy (non-hydrogen) atoms. The second kappa shape index (κ2) is 9.23. The molecule has 0 unspecified atom stereocenters. The van der Waals surface area contributed by atoms with Crippen molar-refractivity contribution in [1.82, 2.24) is 10.2 Å². The fourth-order valence-electron chi connectivity index (χ4n) is 2.80. The maximum Gasteiger partial charge on any atom is 0.326 e. The normalized spacial score (nSPS) is 12.7. The first-order valence-corrected chi connectivity index (χ1v) is 9.54. The number of hydrogen-bond donors (Lipinski definition) is 1. The molecule has 3 amide bonds. The number of carbonyl (C=O) groups is 4. The average Bonchev–Trinajstić information content (AvgIpc) is 2.93. The number of benzene rings is 2. The van der Waals surface area contributed by atoms with Crippen LogP contribution in [0.1, 0.15) is 26.3 Å². The molecule has 7 nitrogen and oxygen atoms in total. The van der Waals surface area contributed by atoms with Crippen LogP contribution in [0.2, 0.25) is 10.0 Å². The highest BCUT2D eigenvalue weighted by molar-refractivity contribution is 6.43. The van der Waals surface area contributed by atoms with Gasteiger partial charge in [-0.2, -0.15) is 0 Å². The molecule has 2 aromatic rings. The Morgan fingerprint density at radius 1 is 1.00 bits per heavy atom. The smallest absolute Gasteiger partial charge is 0.326 e. The van der Waals surface area contributed by atoms with Crippen molar-refractivity contribution in [2.75, 3.05) is 19.7 Å². The highest BCUT2D eigenvalue weighted by Gasteiger charge is 2.37. The van der Waals surface area contributed by atoms with E-state index in [1.165, 1.54) is 24.3 Å². The number of ether oxygens (including phenoxy) is 1. The summed E-state index contributed by atoms with van der Waals surface area (Å²) < 4.78 is 17.7. The molecule has 3 rings (SSSR count). The van der Waals surface area contributed by atoms with Crippen LogP contribution in [0.3, 0.4) is 0 Å². The topological polar surface area (TPSA) is 92.8 Å². The molecular formula is C20H15Cl2FN2O5. The largest absolute Gasteiger partial charge is 0.454 e. The Kier molecular flexibility index (Phi) is 6.69. The van der Waals surface area contributed by atoms with Crippen LogP contribution in [0.15, 0.2) is 36.4 Å². The Hall–Kier alpha value is -2.97. The second-order valence-corrected chi connectivity index (χ2v) is 7.21. The van der Waals surface area contributed by atoms with Crippen molar-refractivity contribution in [3.63, 3.8) is 0 Å². The third kappa shape index (κ3) is 4.95. The van der Waals surface area contributed by atoms with Crippen molar-refractivity contribution < 1.29 is 28.3 Å². The standard InChI is InChI=1S/C20H15Cl2FN2O5/c21-15-7-13-14(8-16(15)22)20(29)25(19(13)28)9-18(27)30-10-17(26)24-6-5-11-1-3-12(23)4-2-11/h1-4,7-8H,5-6,9-10H2,(H,24,26). The summed E-state index contributed by atoms with van der Waals surface area (Å²) in [5.41, 5.74) is 0.918. The molecule has 0 saturated carbocycles. The predicted molar refractivity (Wildman–Crippen MR) is 106 cm³/mol. The van der Waals surface area contributed by atoms with Crippen molar-refractivity contribution in [2.24, 2.45) is 0 Å². The lowest BCUT2D eigenvalue weighted by Gasteiger charge is -2.13. The fourth-order valence-corrected chi connectivity index (χ4v) is 3.12. The Balaban J connectivity index is 1.45. The highest BCUT2D eigenvalue weighted by Crippen LogP contribution is 2.31. The zero-order valence-electron chi connectivity index (χ0n) is 15.4. The van der Waals surface area contributed by atoms with Crippen molar-refractivity contribution in [2.45, 2.75) is 6.42 Å². The van der Waals surface area contributed by atoms with Crippen LogP contribution in [0, 0.1) is 5.82 Å². The van der Waals surface area contributed by atoms with Gasteiger partial charge in [-0.15, -0.1) is 0 Å². The summed E-state index contributed by atoms with van der Waals surface area (Å²) in [5, 5.41) is 2.77. The first-order valence-electron chi connectivity index (χ1n) is 8.78. The zero-order valence-corrected chi connectivity index (χ0v) is 16.9. The third-order valence-corrected chi connectivity index (χ3v) is 5.03. The number of esters is 1. The minimum atomic E-state index is -0.921. The highest BCUT2D eigenvalue weighted by atomic mass is 35.5.